The molecule has 0 atom stereocenters. The second kappa shape index (κ2) is 6.45. The van der Waals surface area contributed by atoms with Crippen LogP contribution in [0, 0.1) is 0 Å². The number of nitrogens with one attached hydrogen (secondary N) is 2. The van der Waals surface area contributed by atoms with Crippen molar-refractivity contribution in [3.8, 4) is 11.1 Å². The van der Waals surface area contributed by atoms with Gasteiger partial charge in [0, 0.05) is 46.4 Å². The first-order valence-electron chi connectivity index (χ1n) is 10.2. The zero-order valence-corrected chi connectivity index (χ0v) is 17.1. The molecule has 0 fully saturated rings. The molecule has 2 aromatic heterocycles. The number of allylic oxidation sites excluding steroid dienone is 4. The zero-order valence-electron chi connectivity index (χ0n) is 17.1. The lowest BCUT2D eigenvalue weighted by Crippen LogP contribution is -2.43. The molecule has 0 unspecified atom stereocenters. The van der Waals surface area contributed by atoms with E-state index in [1.165, 1.54) is 11.1 Å². The van der Waals surface area contributed by atoms with E-state index in [0.717, 1.165) is 51.7 Å². The second-order valence-electron chi connectivity index (χ2n) is 8.78. The van der Waals surface area contributed by atoms with Crippen molar-refractivity contribution in [1.82, 2.24) is 15.3 Å². The molecule has 146 valence electrons. The number of fused-ring (bicyclic) bond motifs is 2. The van der Waals surface area contributed by atoms with Gasteiger partial charge < -0.3 is 10.3 Å². The summed E-state index contributed by atoms with van der Waals surface area (Å²) < 4.78 is 0. The molecule has 0 saturated carbocycles. The lowest BCUT2D eigenvalue weighted by molar-refractivity contribution is 0.0930. The molecule has 0 spiro atoms. The van der Waals surface area contributed by atoms with Crippen molar-refractivity contribution in [2.24, 2.45) is 0 Å². The highest BCUT2D eigenvalue weighted by Gasteiger charge is 2.31. The Labute approximate surface area is 170 Å². The van der Waals surface area contributed by atoms with Gasteiger partial charge in [0.25, 0.3) is 5.91 Å². The molecule has 0 saturated heterocycles. The molecule has 4 nitrogen and oxygen atoms in total. The minimum absolute atomic E-state index is 0.0141. The number of H-pyrrole nitrogens is 1. The maximum absolute atomic E-state index is 12.3. The number of hydrogen-bond donors (Lipinski definition) is 2. The fraction of sp³-hybridized carbons (Fsp3) is 0.280. The molecule has 2 N–H and O–H groups in total. The molecule has 5 rings (SSSR count). The molecule has 3 heterocycles. The van der Waals surface area contributed by atoms with E-state index in [9.17, 15) is 4.79 Å². The SMILES string of the molecule is CC1=C(c2cnc3[nH]cc(-c4ccc5c(c4)C(C)(C)CNC5=O)c3c2)C=CCC1. The van der Waals surface area contributed by atoms with Gasteiger partial charge in [0.1, 0.15) is 5.65 Å². The number of carbonyl (C=O) groups excluding carboxylic acids is 1. The standard InChI is InChI=1S/C25H25N3O/c1-15-6-4-5-7-18(15)17-10-20-21(13-27-23(20)26-12-17)16-8-9-19-22(11-16)25(2,3)14-28-24(19)29/h5,7-13H,4,6,14H2,1-3H3,(H,26,27)(H,28,29). The van der Waals surface area contributed by atoms with E-state index in [1.807, 2.05) is 24.5 Å². The molecule has 1 aliphatic carbocycles. The van der Waals surface area contributed by atoms with Crippen molar-refractivity contribution in [1.29, 1.82) is 0 Å². The van der Waals surface area contributed by atoms with E-state index in [4.69, 9.17) is 0 Å². The Hall–Kier alpha value is -3.14. The normalized spacial score (nSPS) is 18.1. The largest absolute Gasteiger partial charge is 0.351 e. The summed E-state index contributed by atoms with van der Waals surface area (Å²) in [7, 11) is 0. The molecule has 0 bridgehead atoms. The lowest BCUT2D eigenvalue weighted by Gasteiger charge is -2.32. The van der Waals surface area contributed by atoms with E-state index >= 15 is 0 Å². The van der Waals surface area contributed by atoms with Gasteiger partial charge in [-0.25, -0.2) is 4.98 Å². The average molecular weight is 383 g/mol. The highest BCUT2D eigenvalue weighted by molar-refractivity contribution is 6.00. The summed E-state index contributed by atoms with van der Waals surface area (Å²) >= 11 is 0. The minimum Gasteiger partial charge on any atom is -0.351 e. The molecular weight excluding hydrogens is 358 g/mol. The van der Waals surface area contributed by atoms with Crippen LogP contribution < -0.4 is 5.32 Å². The van der Waals surface area contributed by atoms with Crippen molar-refractivity contribution >= 4 is 22.5 Å². The van der Waals surface area contributed by atoms with Gasteiger partial charge in [-0.2, -0.15) is 0 Å². The fourth-order valence-corrected chi connectivity index (χ4v) is 4.47. The van der Waals surface area contributed by atoms with E-state index in [1.54, 1.807) is 0 Å². The van der Waals surface area contributed by atoms with Crippen molar-refractivity contribution in [3.05, 3.63) is 71.1 Å². The van der Waals surface area contributed by atoms with E-state index in [-0.39, 0.29) is 11.3 Å². The highest BCUT2D eigenvalue weighted by Crippen LogP contribution is 2.36. The van der Waals surface area contributed by atoms with E-state index < -0.39 is 0 Å². The van der Waals surface area contributed by atoms with Crippen LogP contribution in [0.1, 0.15) is 55.1 Å². The van der Waals surface area contributed by atoms with Gasteiger partial charge in [-0.3, -0.25) is 4.79 Å². The number of aromatic amines is 1. The van der Waals surface area contributed by atoms with Gasteiger partial charge in [0.05, 0.1) is 0 Å². The predicted octanol–water partition coefficient (Wildman–Crippen LogP) is 5.37. The number of nitrogens with zero attached hydrogens (tertiary/aromatic N) is 1. The molecule has 0 radical (unpaired) electrons. The molecular formula is C25H25N3O. The summed E-state index contributed by atoms with van der Waals surface area (Å²) in [6, 6.07) is 8.40. The Morgan fingerprint density at radius 3 is 2.79 bits per heavy atom. The first-order chi connectivity index (χ1) is 13.9. The smallest absolute Gasteiger partial charge is 0.251 e. The van der Waals surface area contributed by atoms with Crippen LogP contribution in [0.15, 0.2) is 54.4 Å². The molecule has 1 aromatic carbocycles. The van der Waals surface area contributed by atoms with Crippen LogP contribution in [0.2, 0.25) is 0 Å². The highest BCUT2D eigenvalue weighted by atomic mass is 16.1. The second-order valence-corrected chi connectivity index (χ2v) is 8.78. The molecule has 4 heteroatoms. The van der Waals surface area contributed by atoms with Crippen molar-refractivity contribution in [3.63, 3.8) is 0 Å². The van der Waals surface area contributed by atoms with Crippen LogP contribution in [0.4, 0.5) is 0 Å². The van der Waals surface area contributed by atoms with Crippen LogP contribution in [0.3, 0.4) is 0 Å². The third kappa shape index (κ3) is 2.91. The maximum Gasteiger partial charge on any atom is 0.251 e. The Bertz CT molecular complexity index is 1210. The van der Waals surface area contributed by atoms with Crippen LogP contribution in [-0.2, 0) is 5.41 Å². The summed E-state index contributed by atoms with van der Waals surface area (Å²) in [6.45, 7) is 7.21. The number of aromatic nitrogens is 2. The number of pyridine rings is 1. The predicted molar refractivity (Wildman–Crippen MR) is 118 cm³/mol. The summed E-state index contributed by atoms with van der Waals surface area (Å²) in [5.74, 6) is 0.0141. The Morgan fingerprint density at radius 2 is 1.97 bits per heavy atom. The number of carbonyl (C=O) groups is 1. The van der Waals surface area contributed by atoms with E-state index in [2.05, 4.69) is 60.3 Å². The van der Waals surface area contributed by atoms with Crippen molar-refractivity contribution in [2.75, 3.05) is 6.54 Å². The third-order valence-corrected chi connectivity index (χ3v) is 6.27. The molecule has 29 heavy (non-hydrogen) atoms. The topological polar surface area (TPSA) is 57.8 Å². The Balaban J connectivity index is 1.66. The molecule has 1 amide bonds. The lowest BCUT2D eigenvalue weighted by atomic mass is 9.78. The maximum atomic E-state index is 12.3. The van der Waals surface area contributed by atoms with Gasteiger partial charge in [-0.05, 0) is 54.7 Å². The average Bonchev–Trinajstić information content (AvgIpc) is 3.14. The van der Waals surface area contributed by atoms with Crippen LogP contribution in [0.5, 0.6) is 0 Å². The molecule has 2 aliphatic rings. The first-order valence-corrected chi connectivity index (χ1v) is 10.2. The minimum atomic E-state index is -0.0937. The van der Waals surface area contributed by atoms with Gasteiger partial charge in [-0.1, -0.05) is 37.6 Å². The zero-order chi connectivity index (χ0) is 20.2. The number of hydrogen-bond acceptors (Lipinski definition) is 2. The van der Waals surface area contributed by atoms with Gasteiger partial charge in [0.15, 0.2) is 0 Å². The molecule has 1 aliphatic heterocycles. The molecule has 3 aromatic rings. The third-order valence-electron chi connectivity index (χ3n) is 6.27. The van der Waals surface area contributed by atoms with Gasteiger partial charge in [0.2, 0.25) is 0 Å². The van der Waals surface area contributed by atoms with Crippen molar-refractivity contribution < 1.29 is 4.79 Å². The van der Waals surface area contributed by atoms with Gasteiger partial charge in [-0.15, -0.1) is 0 Å². The summed E-state index contributed by atoms with van der Waals surface area (Å²) in [5.41, 5.74) is 8.75. The summed E-state index contributed by atoms with van der Waals surface area (Å²) in [6.07, 6.45) is 10.6. The summed E-state index contributed by atoms with van der Waals surface area (Å²) in [5, 5.41) is 4.10. The Kier molecular flexibility index (Phi) is 3.98. The van der Waals surface area contributed by atoms with E-state index in [0.29, 0.717) is 6.54 Å². The van der Waals surface area contributed by atoms with Gasteiger partial charge >= 0.3 is 0 Å². The fourth-order valence-electron chi connectivity index (χ4n) is 4.47. The number of benzene rings is 1. The van der Waals surface area contributed by atoms with Crippen LogP contribution >= 0.6 is 0 Å². The quantitative estimate of drug-likeness (QED) is 0.625. The van der Waals surface area contributed by atoms with Crippen LogP contribution in [0.25, 0.3) is 27.7 Å². The number of amides is 1. The monoisotopic (exact) mass is 383 g/mol. The van der Waals surface area contributed by atoms with Crippen LogP contribution in [-0.4, -0.2) is 22.4 Å². The van der Waals surface area contributed by atoms with Crippen molar-refractivity contribution in [2.45, 2.75) is 39.0 Å². The first kappa shape index (κ1) is 17.9. The Morgan fingerprint density at radius 1 is 1.10 bits per heavy atom. The number of rotatable bonds is 2. The summed E-state index contributed by atoms with van der Waals surface area (Å²) in [4.78, 5) is 20.3.